The van der Waals surface area contributed by atoms with Crippen LogP contribution in [0.5, 0.6) is 0 Å². The number of ether oxygens (including phenoxy) is 1. The van der Waals surface area contributed by atoms with Gasteiger partial charge in [0, 0.05) is 13.1 Å². The van der Waals surface area contributed by atoms with Crippen LogP contribution < -0.4 is 10.6 Å². The first-order chi connectivity index (χ1) is 9.63. The Balaban J connectivity index is 2.37. The normalized spacial score (nSPS) is 20.6. The highest BCUT2D eigenvalue weighted by atomic mass is 19.1. The van der Waals surface area contributed by atoms with Gasteiger partial charge in [-0.15, -0.1) is 0 Å². The summed E-state index contributed by atoms with van der Waals surface area (Å²) in [6.45, 7) is 8.98. The van der Waals surface area contributed by atoms with Gasteiger partial charge in [-0.2, -0.15) is 0 Å². The van der Waals surface area contributed by atoms with Crippen LogP contribution in [0.25, 0.3) is 0 Å². The van der Waals surface area contributed by atoms with Gasteiger partial charge in [-0.25, -0.2) is 8.78 Å². The van der Waals surface area contributed by atoms with Crippen LogP contribution in [0.15, 0.2) is 12.1 Å². The number of hydrogen-bond donors (Lipinski definition) is 1. The molecule has 0 spiro atoms. The van der Waals surface area contributed by atoms with Gasteiger partial charge in [-0.3, -0.25) is 0 Å². The molecule has 1 aromatic carbocycles. The largest absolute Gasteiger partial charge is 0.366 e. The van der Waals surface area contributed by atoms with Crippen molar-refractivity contribution >= 4 is 5.69 Å². The van der Waals surface area contributed by atoms with E-state index in [0.717, 1.165) is 0 Å². The molecule has 0 bridgehead atoms. The van der Waals surface area contributed by atoms with Gasteiger partial charge in [-0.1, -0.05) is 0 Å². The highest BCUT2D eigenvalue weighted by molar-refractivity contribution is 5.52. The molecule has 1 aliphatic heterocycles. The fourth-order valence-corrected chi connectivity index (χ4v) is 3.18. The number of nitrogens with two attached hydrogens (primary N) is 1. The predicted molar refractivity (Wildman–Crippen MR) is 80.6 cm³/mol. The number of rotatable bonds is 3. The Hall–Kier alpha value is -1.20. The van der Waals surface area contributed by atoms with Gasteiger partial charge < -0.3 is 15.4 Å². The second-order valence-corrected chi connectivity index (χ2v) is 6.92. The van der Waals surface area contributed by atoms with E-state index in [1.807, 2.05) is 27.7 Å². The van der Waals surface area contributed by atoms with Gasteiger partial charge >= 0.3 is 0 Å². The fraction of sp³-hybridized carbons (Fsp3) is 0.625. The maximum atomic E-state index is 14.4. The highest BCUT2D eigenvalue weighted by Gasteiger charge is 2.39. The van der Waals surface area contributed by atoms with E-state index >= 15 is 0 Å². The third-order valence-corrected chi connectivity index (χ3v) is 3.52. The SMILES string of the molecule is CC1(C)CN(c2c(F)cc(CCN)cc2F)CC(C)(C)O1. The number of anilines is 1. The van der Waals surface area contributed by atoms with Gasteiger partial charge in [0.15, 0.2) is 0 Å². The van der Waals surface area contributed by atoms with Crippen LogP contribution in [0.2, 0.25) is 0 Å². The van der Waals surface area contributed by atoms with E-state index in [1.165, 1.54) is 12.1 Å². The summed E-state index contributed by atoms with van der Waals surface area (Å²) in [5.74, 6) is -1.07. The minimum absolute atomic E-state index is 0.0280. The minimum atomic E-state index is -0.535. The molecule has 0 radical (unpaired) electrons. The van der Waals surface area contributed by atoms with E-state index in [0.29, 0.717) is 31.6 Å². The first-order valence-corrected chi connectivity index (χ1v) is 7.27. The van der Waals surface area contributed by atoms with Gasteiger partial charge in [0.2, 0.25) is 0 Å². The first kappa shape index (κ1) is 16.2. The van der Waals surface area contributed by atoms with Crippen LogP contribution >= 0.6 is 0 Å². The van der Waals surface area contributed by atoms with Crippen LogP contribution in [0.4, 0.5) is 14.5 Å². The summed E-state index contributed by atoms with van der Waals surface area (Å²) in [7, 11) is 0. The topological polar surface area (TPSA) is 38.5 Å². The fourth-order valence-electron chi connectivity index (χ4n) is 3.18. The van der Waals surface area contributed by atoms with Crippen molar-refractivity contribution < 1.29 is 13.5 Å². The Labute approximate surface area is 125 Å². The van der Waals surface area contributed by atoms with Gasteiger partial charge in [-0.05, 0) is 58.4 Å². The zero-order valence-corrected chi connectivity index (χ0v) is 13.2. The summed E-state index contributed by atoms with van der Waals surface area (Å²) in [5, 5.41) is 0. The highest BCUT2D eigenvalue weighted by Crippen LogP contribution is 2.34. The van der Waals surface area contributed by atoms with Crippen molar-refractivity contribution in [1.29, 1.82) is 0 Å². The molecule has 21 heavy (non-hydrogen) atoms. The lowest BCUT2D eigenvalue weighted by Gasteiger charge is -2.48. The molecular weight excluding hydrogens is 274 g/mol. The summed E-state index contributed by atoms with van der Waals surface area (Å²) in [6, 6.07) is 2.75. The van der Waals surface area contributed by atoms with Crippen molar-refractivity contribution in [1.82, 2.24) is 0 Å². The average Bonchev–Trinajstić information content (AvgIpc) is 2.23. The molecule has 2 N–H and O–H groups in total. The molecule has 5 heteroatoms. The lowest BCUT2D eigenvalue weighted by Crippen LogP contribution is -2.57. The van der Waals surface area contributed by atoms with E-state index in [1.54, 1.807) is 4.90 Å². The molecule has 0 unspecified atom stereocenters. The second kappa shape index (κ2) is 5.54. The van der Waals surface area contributed by atoms with Gasteiger partial charge in [0.05, 0.1) is 11.2 Å². The van der Waals surface area contributed by atoms with Crippen molar-refractivity contribution in [3.8, 4) is 0 Å². The number of nitrogens with zero attached hydrogens (tertiary/aromatic N) is 1. The molecule has 1 heterocycles. The van der Waals surface area contributed by atoms with E-state index in [-0.39, 0.29) is 5.69 Å². The van der Waals surface area contributed by atoms with Crippen LogP contribution in [0.3, 0.4) is 0 Å². The van der Waals surface area contributed by atoms with E-state index in [2.05, 4.69) is 0 Å². The summed E-state index contributed by atoms with van der Waals surface area (Å²) in [4.78, 5) is 1.74. The van der Waals surface area contributed by atoms with Crippen molar-refractivity contribution in [2.45, 2.75) is 45.3 Å². The summed E-state index contributed by atoms with van der Waals surface area (Å²) in [5.41, 5.74) is 5.13. The molecular formula is C16H24F2N2O. The Morgan fingerprint density at radius 3 is 2.00 bits per heavy atom. The van der Waals surface area contributed by atoms with Crippen molar-refractivity contribution in [3.05, 3.63) is 29.3 Å². The van der Waals surface area contributed by atoms with E-state index in [4.69, 9.17) is 10.5 Å². The third kappa shape index (κ3) is 3.71. The third-order valence-electron chi connectivity index (χ3n) is 3.52. The maximum Gasteiger partial charge on any atom is 0.149 e. The molecule has 0 amide bonds. The minimum Gasteiger partial charge on any atom is -0.366 e. The maximum absolute atomic E-state index is 14.4. The predicted octanol–water partition coefficient (Wildman–Crippen LogP) is 2.86. The van der Waals surface area contributed by atoms with Crippen LogP contribution in [0.1, 0.15) is 33.3 Å². The summed E-state index contributed by atoms with van der Waals surface area (Å²) >= 11 is 0. The zero-order chi connectivity index (χ0) is 15.8. The Kier molecular flexibility index (Phi) is 4.26. The van der Waals surface area contributed by atoms with Crippen molar-refractivity contribution in [3.63, 3.8) is 0 Å². The molecule has 2 rings (SSSR count). The molecule has 1 aliphatic rings. The lowest BCUT2D eigenvalue weighted by atomic mass is 9.97. The van der Waals surface area contributed by atoms with Crippen LogP contribution in [-0.4, -0.2) is 30.8 Å². The molecule has 1 aromatic rings. The van der Waals surface area contributed by atoms with Gasteiger partial charge in [0.1, 0.15) is 17.3 Å². The standard InChI is InChI=1S/C16H24F2N2O/c1-15(2)9-20(10-16(3,4)21-15)14-12(17)7-11(5-6-19)8-13(14)18/h7-8H,5-6,9-10,19H2,1-4H3. The zero-order valence-electron chi connectivity index (χ0n) is 13.2. The monoisotopic (exact) mass is 298 g/mol. The molecule has 3 nitrogen and oxygen atoms in total. The quantitative estimate of drug-likeness (QED) is 0.932. The number of halogens is 2. The average molecular weight is 298 g/mol. The number of morpholine rings is 1. The van der Waals surface area contributed by atoms with E-state index < -0.39 is 22.8 Å². The molecule has 118 valence electrons. The summed E-state index contributed by atoms with van der Waals surface area (Å²) in [6.07, 6.45) is 0.466. The molecule has 1 fully saturated rings. The second-order valence-electron chi connectivity index (χ2n) is 6.92. The van der Waals surface area contributed by atoms with Crippen LogP contribution in [-0.2, 0) is 11.2 Å². The first-order valence-electron chi connectivity index (χ1n) is 7.27. The van der Waals surface area contributed by atoms with Gasteiger partial charge in [0.25, 0.3) is 0 Å². The smallest absolute Gasteiger partial charge is 0.149 e. The van der Waals surface area contributed by atoms with Crippen molar-refractivity contribution in [2.24, 2.45) is 5.73 Å². The number of hydrogen-bond acceptors (Lipinski definition) is 3. The Morgan fingerprint density at radius 2 is 1.57 bits per heavy atom. The molecule has 0 saturated carbocycles. The lowest BCUT2D eigenvalue weighted by molar-refractivity contribution is -0.133. The molecule has 0 atom stereocenters. The van der Waals surface area contributed by atoms with Crippen LogP contribution in [0, 0.1) is 11.6 Å². The van der Waals surface area contributed by atoms with E-state index in [9.17, 15) is 8.78 Å². The molecule has 1 saturated heterocycles. The van der Waals surface area contributed by atoms with Crippen molar-refractivity contribution in [2.75, 3.05) is 24.5 Å². The Bertz CT molecular complexity index is 490. The number of benzene rings is 1. The summed E-state index contributed by atoms with van der Waals surface area (Å²) < 4.78 is 34.7. The molecule has 0 aromatic heterocycles. The Morgan fingerprint density at radius 1 is 1.10 bits per heavy atom. The molecule has 0 aliphatic carbocycles.